The Labute approximate surface area is 115 Å². The highest BCUT2D eigenvalue weighted by Gasteiger charge is 2.02. The van der Waals surface area contributed by atoms with E-state index in [1.54, 1.807) is 31.4 Å². The molecule has 0 radical (unpaired) electrons. The fourth-order valence-corrected chi connectivity index (χ4v) is 2.12. The highest BCUT2D eigenvalue weighted by Crippen LogP contribution is 2.17. The number of methoxy groups -OCH3 is 1. The summed E-state index contributed by atoms with van der Waals surface area (Å²) in [4.78, 5) is 0. The number of ether oxygens (including phenoxy) is 1. The molecule has 0 aliphatic carbocycles. The third-order valence-corrected chi connectivity index (χ3v) is 3.19. The van der Waals surface area contributed by atoms with Crippen molar-refractivity contribution in [1.82, 2.24) is 4.72 Å². The van der Waals surface area contributed by atoms with E-state index in [0.717, 1.165) is 11.3 Å². The molecular formula is C14H15NO3S. The molecule has 4 nitrogen and oxygen atoms in total. The summed E-state index contributed by atoms with van der Waals surface area (Å²) >= 11 is -1.57. The number of nitrogens with one attached hydrogen (secondary N) is 1. The first-order valence-electron chi connectivity index (χ1n) is 5.79. The van der Waals surface area contributed by atoms with E-state index in [-0.39, 0.29) is 0 Å². The lowest BCUT2D eigenvalue weighted by Crippen LogP contribution is -2.21. The van der Waals surface area contributed by atoms with E-state index in [4.69, 9.17) is 8.92 Å². The van der Waals surface area contributed by atoms with Crippen LogP contribution in [0.5, 0.6) is 11.5 Å². The molecule has 1 unspecified atom stereocenters. The largest absolute Gasteiger partial charge is 0.497 e. The molecule has 2 aromatic rings. The van der Waals surface area contributed by atoms with E-state index < -0.39 is 11.3 Å². The predicted octanol–water partition coefficient (Wildman–Crippen LogP) is 2.44. The molecule has 0 amide bonds. The third kappa shape index (κ3) is 4.39. The molecule has 0 saturated carbocycles. The molecule has 0 bridgehead atoms. The van der Waals surface area contributed by atoms with E-state index >= 15 is 0 Å². The zero-order valence-corrected chi connectivity index (χ0v) is 11.4. The Morgan fingerprint density at radius 3 is 2.26 bits per heavy atom. The molecule has 2 aromatic carbocycles. The highest BCUT2D eigenvalue weighted by atomic mass is 32.2. The van der Waals surface area contributed by atoms with Crippen molar-refractivity contribution in [3.8, 4) is 11.5 Å². The highest BCUT2D eigenvalue weighted by molar-refractivity contribution is 7.78. The van der Waals surface area contributed by atoms with Gasteiger partial charge in [-0.1, -0.05) is 30.3 Å². The summed E-state index contributed by atoms with van der Waals surface area (Å²) in [5.74, 6) is 1.26. The van der Waals surface area contributed by atoms with Crippen LogP contribution in [0.4, 0.5) is 0 Å². The van der Waals surface area contributed by atoms with Gasteiger partial charge >= 0.3 is 0 Å². The topological polar surface area (TPSA) is 47.6 Å². The van der Waals surface area contributed by atoms with Crippen molar-refractivity contribution in [2.75, 3.05) is 7.11 Å². The Balaban J connectivity index is 1.83. The summed E-state index contributed by atoms with van der Waals surface area (Å²) in [6.45, 7) is 0.490. The second kappa shape index (κ2) is 6.92. The third-order valence-electron chi connectivity index (χ3n) is 2.47. The first-order chi connectivity index (χ1) is 9.28. The zero-order valence-electron chi connectivity index (χ0n) is 10.5. The van der Waals surface area contributed by atoms with Crippen LogP contribution in [0.1, 0.15) is 5.56 Å². The molecule has 2 rings (SSSR count). The molecule has 0 aromatic heterocycles. The van der Waals surface area contributed by atoms with Crippen molar-refractivity contribution in [2.24, 2.45) is 0 Å². The number of benzene rings is 2. The van der Waals surface area contributed by atoms with Crippen LogP contribution < -0.4 is 13.6 Å². The molecule has 0 heterocycles. The lowest BCUT2D eigenvalue weighted by molar-refractivity contribution is 0.414. The Morgan fingerprint density at radius 1 is 1.00 bits per heavy atom. The molecule has 0 spiro atoms. The van der Waals surface area contributed by atoms with Crippen molar-refractivity contribution in [3.63, 3.8) is 0 Å². The van der Waals surface area contributed by atoms with Crippen molar-refractivity contribution in [1.29, 1.82) is 0 Å². The van der Waals surface area contributed by atoms with E-state index in [0.29, 0.717) is 12.3 Å². The fourth-order valence-electron chi connectivity index (χ4n) is 1.49. The summed E-state index contributed by atoms with van der Waals surface area (Å²) in [6.07, 6.45) is 0. The monoisotopic (exact) mass is 277 g/mol. The van der Waals surface area contributed by atoms with Crippen LogP contribution in [0.3, 0.4) is 0 Å². The van der Waals surface area contributed by atoms with Gasteiger partial charge in [-0.2, -0.15) is 8.93 Å². The molecule has 5 heteroatoms. The Bertz CT molecular complexity index is 528. The van der Waals surface area contributed by atoms with Crippen LogP contribution in [0, 0.1) is 0 Å². The summed E-state index contributed by atoms with van der Waals surface area (Å²) in [7, 11) is 1.59. The first kappa shape index (κ1) is 13.6. The van der Waals surface area contributed by atoms with Crippen molar-refractivity contribution < 1.29 is 13.1 Å². The van der Waals surface area contributed by atoms with Gasteiger partial charge in [0.15, 0.2) is 0 Å². The molecule has 0 fully saturated rings. The van der Waals surface area contributed by atoms with Crippen molar-refractivity contribution >= 4 is 11.3 Å². The molecular weight excluding hydrogens is 262 g/mol. The smallest absolute Gasteiger partial charge is 0.288 e. The van der Waals surface area contributed by atoms with Crippen LogP contribution in [0.2, 0.25) is 0 Å². The van der Waals surface area contributed by atoms with Gasteiger partial charge < -0.3 is 8.92 Å². The van der Waals surface area contributed by atoms with Gasteiger partial charge in [0.25, 0.3) is 11.3 Å². The fraction of sp³-hybridized carbons (Fsp3) is 0.143. The summed E-state index contributed by atoms with van der Waals surface area (Å²) in [5.41, 5.74) is 1.05. The lowest BCUT2D eigenvalue weighted by atomic mass is 10.2. The standard InChI is InChI=1S/C14H15NO3S/c1-17-13-7-9-14(10-8-13)18-19(16)15-11-12-5-3-2-4-6-12/h2-10,15H,11H2,1H3. The normalized spacial score (nSPS) is 11.8. The number of hydrogen-bond acceptors (Lipinski definition) is 3. The number of rotatable bonds is 6. The van der Waals surface area contributed by atoms with Gasteiger partial charge in [-0.15, -0.1) is 0 Å². The first-order valence-corrected chi connectivity index (χ1v) is 6.87. The minimum atomic E-state index is -1.57. The average molecular weight is 277 g/mol. The van der Waals surface area contributed by atoms with Crippen LogP contribution in [0.25, 0.3) is 0 Å². The quantitative estimate of drug-likeness (QED) is 0.882. The molecule has 0 saturated heterocycles. The van der Waals surface area contributed by atoms with E-state index in [1.807, 2.05) is 30.3 Å². The Kier molecular flexibility index (Phi) is 4.94. The number of hydrogen-bond donors (Lipinski definition) is 1. The minimum Gasteiger partial charge on any atom is -0.497 e. The maximum atomic E-state index is 11.7. The molecule has 0 aliphatic heterocycles. The van der Waals surface area contributed by atoms with Gasteiger partial charge in [-0.3, -0.25) is 0 Å². The minimum absolute atomic E-state index is 0.490. The maximum absolute atomic E-state index is 11.7. The molecule has 100 valence electrons. The van der Waals surface area contributed by atoms with Gasteiger partial charge in [-0.05, 0) is 29.8 Å². The Hall–Kier alpha value is -1.85. The second-order valence-electron chi connectivity index (χ2n) is 3.80. The van der Waals surface area contributed by atoms with Crippen LogP contribution >= 0.6 is 0 Å². The Morgan fingerprint density at radius 2 is 1.63 bits per heavy atom. The van der Waals surface area contributed by atoms with E-state index in [9.17, 15) is 4.21 Å². The van der Waals surface area contributed by atoms with Gasteiger partial charge in [0.05, 0.1) is 7.11 Å². The predicted molar refractivity (Wildman–Crippen MR) is 75.0 cm³/mol. The molecule has 1 N–H and O–H groups in total. The second-order valence-corrected chi connectivity index (χ2v) is 4.73. The summed E-state index contributed by atoms with van der Waals surface area (Å²) in [5, 5.41) is 0. The van der Waals surface area contributed by atoms with Gasteiger partial charge in [-0.25, -0.2) is 0 Å². The van der Waals surface area contributed by atoms with Crippen molar-refractivity contribution in [3.05, 3.63) is 60.2 Å². The van der Waals surface area contributed by atoms with E-state index in [1.165, 1.54) is 0 Å². The van der Waals surface area contributed by atoms with Crippen LogP contribution in [-0.4, -0.2) is 11.3 Å². The zero-order chi connectivity index (χ0) is 13.5. The van der Waals surface area contributed by atoms with Gasteiger partial charge in [0, 0.05) is 6.54 Å². The van der Waals surface area contributed by atoms with Crippen LogP contribution in [-0.2, 0) is 17.8 Å². The molecule has 1 atom stereocenters. The van der Waals surface area contributed by atoms with Gasteiger partial charge in [0.2, 0.25) is 0 Å². The van der Waals surface area contributed by atoms with Gasteiger partial charge in [0.1, 0.15) is 11.5 Å². The summed E-state index contributed by atoms with van der Waals surface area (Å²) in [6, 6.07) is 16.6. The molecule has 19 heavy (non-hydrogen) atoms. The maximum Gasteiger partial charge on any atom is 0.288 e. The van der Waals surface area contributed by atoms with Crippen LogP contribution in [0.15, 0.2) is 54.6 Å². The molecule has 0 aliphatic rings. The lowest BCUT2D eigenvalue weighted by Gasteiger charge is -2.07. The van der Waals surface area contributed by atoms with Crippen molar-refractivity contribution in [2.45, 2.75) is 6.54 Å². The van der Waals surface area contributed by atoms with E-state index in [2.05, 4.69) is 4.72 Å². The SMILES string of the molecule is COc1ccc(OS(=O)NCc2ccccc2)cc1. The average Bonchev–Trinajstić information content (AvgIpc) is 2.47. The summed E-state index contributed by atoms with van der Waals surface area (Å²) < 4.78 is 24.8.